The molecule has 0 unspecified atom stereocenters. The maximum absolute atomic E-state index is 11.9. The fourth-order valence-electron chi connectivity index (χ4n) is 1.70. The van der Waals surface area contributed by atoms with Gasteiger partial charge in [-0.2, -0.15) is 0 Å². The molecule has 1 amide bonds. The van der Waals surface area contributed by atoms with Gasteiger partial charge < -0.3 is 14.7 Å². The third-order valence-corrected chi connectivity index (χ3v) is 3.05. The highest BCUT2D eigenvalue weighted by atomic mass is 79.9. The van der Waals surface area contributed by atoms with Crippen LogP contribution in [0.25, 0.3) is 0 Å². The number of nitrogens with zero attached hydrogens (tertiary/aromatic N) is 1. The summed E-state index contributed by atoms with van der Waals surface area (Å²) in [5, 5.41) is 8.76. The number of rotatable bonds is 8. The number of carboxylic acids is 1. The van der Waals surface area contributed by atoms with E-state index in [0.717, 1.165) is 10.9 Å². The molecule has 5 nitrogen and oxygen atoms in total. The Morgan fingerprint density at radius 2 is 2.15 bits per heavy atom. The minimum atomic E-state index is -1.00. The van der Waals surface area contributed by atoms with Gasteiger partial charge in [-0.15, -0.1) is 0 Å². The second kappa shape index (κ2) is 8.58. The molecule has 0 fully saturated rings. The molecule has 0 bridgehead atoms. The lowest BCUT2D eigenvalue weighted by Crippen LogP contribution is -2.36. The lowest BCUT2D eigenvalue weighted by atomic mass is 10.3. The van der Waals surface area contributed by atoms with Crippen molar-refractivity contribution in [2.75, 3.05) is 19.7 Å². The van der Waals surface area contributed by atoms with Crippen molar-refractivity contribution in [2.24, 2.45) is 0 Å². The molecule has 20 heavy (non-hydrogen) atoms. The zero-order chi connectivity index (χ0) is 15.0. The van der Waals surface area contributed by atoms with Gasteiger partial charge in [0.25, 0.3) is 0 Å². The van der Waals surface area contributed by atoms with Crippen molar-refractivity contribution in [3.63, 3.8) is 0 Å². The Bertz CT molecular complexity index is 464. The van der Waals surface area contributed by atoms with Gasteiger partial charge in [-0.3, -0.25) is 9.59 Å². The molecular formula is C14H18BrNO4. The number of aliphatic carboxylic acids is 1. The summed E-state index contributed by atoms with van der Waals surface area (Å²) in [6, 6.07) is 7.34. The van der Waals surface area contributed by atoms with Crippen LogP contribution in [-0.2, 0) is 9.59 Å². The lowest BCUT2D eigenvalue weighted by molar-refractivity contribution is -0.144. The first-order chi connectivity index (χ1) is 9.52. The van der Waals surface area contributed by atoms with Crippen molar-refractivity contribution in [3.05, 3.63) is 28.7 Å². The molecule has 0 saturated heterocycles. The van der Waals surface area contributed by atoms with Crippen molar-refractivity contribution in [1.29, 1.82) is 0 Å². The van der Waals surface area contributed by atoms with Crippen LogP contribution in [0.5, 0.6) is 5.75 Å². The molecule has 1 aromatic rings. The smallest absolute Gasteiger partial charge is 0.323 e. The Labute approximate surface area is 126 Å². The largest absolute Gasteiger partial charge is 0.493 e. The molecule has 0 saturated carbocycles. The van der Waals surface area contributed by atoms with Crippen molar-refractivity contribution < 1.29 is 19.4 Å². The minimum absolute atomic E-state index is 0.166. The Morgan fingerprint density at radius 1 is 1.40 bits per heavy atom. The number of carbonyl (C=O) groups excluding carboxylic acids is 1. The van der Waals surface area contributed by atoms with Crippen molar-refractivity contribution in [2.45, 2.75) is 19.8 Å². The third-order valence-electron chi connectivity index (χ3n) is 2.55. The van der Waals surface area contributed by atoms with Crippen LogP contribution in [0.2, 0.25) is 0 Å². The summed E-state index contributed by atoms with van der Waals surface area (Å²) in [6.45, 7) is 2.32. The van der Waals surface area contributed by atoms with Gasteiger partial charge in [0.05, 0.1) is 13.0 Å². The van der Waals surface area contributed by atoms with Gasteiger partial charge in [-0.25, -0.2) is 0 Å². The fraction of sp³-hybridized carbons (Fsp3) is 0.429. The van der Waals surface area contributed by atoms with E-state index in [-0.39, 0.29) is 25.5 Å². The van der Waals surface area contributed by atoms with Gasteiger partial charge in [0.2, 0.25) is 5.91 Å². The Kier molecular flexibility index (Phi) is 7.08. The van der Waals surface area contributed by atoms with E-state index in [9.17, 15) is 9.59 Å². The van der Waals surface area contributed by atoms with Crippen LogP contribution in [0.4, 0.5) is 0 Å². The van der Waals surface area contributed by atoms with E-state index in [1.165, 1.54) is 4.90 Å². The summed E-state index contributed by atoms with van der Waals surface area (Å²) in [6.07, 6.45) is 0.894. The average molecular weight is 344 g/mol. The van der Waals surface area contributed by atoms with Crippen LogP contribution >= 0.6 is 15.9 Å². The van der Waals surface area contributed by atoms with Crippen LogP contribution in [-0.4, -0.2) is 41.6 Å². The summed E-state index contributed by atoms with van der Waals surface area (Å²) < 4.78 is 6.37. The van der Waals surface area contributed by atoms with Gasteiger partial charge in [-0.05, 0) is 24.6 Å². The molecule has 0 spiro atoms. The molecule has 0 aliphatic rings. The van der Waals surface area contributed by atoms with Gasteiger partial charge in [0.15, 0.2) is 0 Å². The molecule has 1 rings (SSSR count). The number of carbonyl (C=O) groups is 2. The molecule has 110 valence electrons. The van der Waals surface area contributed by atoms with E-state index in [2.05, 4.69) is 15.9 Å². The van der Waals surface area contributed by atoms with E-state index < -0.39 is 5.97 Å². The topological polar surface area (TPSA) is 66.8 Å². The first kappa shape index (κ1) is 16.5. The van der Waals surface area contributed by atoms with Crippen LogP contribution in [0.3, 0.4) is 0 Å². The second-order valence-corrected chi connectivity index (χ2v) is 5.18. The Balaban J connectivity index is 2.42. The summed E-state index contributed by atoms with van der Waals surface area (Å²) in [4.78, 5) is 23.9. The molecule has 0 atom stereocenters. The highest BCUT2D eigenvalue weighted by molar-refractivity contribution is 9.10. The number of carboxylic acid groups (broad SMARTS) is 1. The molecule has 0 aliphatic heterocycles. The van der Waals surface area contributed by atoms with E-state index >= 15 is 0 Å². The van der Waals surface area contributed by atoms with E-state index in [1.54, 1.807) is 6.07 Å². The lowest BCUT2D eigenvalue weighted by Gasteiger charge is -2.19. The van der Waals surface area contributed by atoms with E-state index in [4.69, 9.17) is 9.84 Å². The van der Waals surface area contributed by atoms with Crippen molar-refractivity contribution in [1.82, 2.24) is 4.90 Å². The van der Waals surface area contributed by atoms with Crippen LogP contribution in [0.1, 0.15) is 19.8 Å². The monoisotopic (exact) mass is 343 g/mol. The zero-order valence-corrected chi connectivity index (χ0v) is 12.9. The standard InChI is InChI=1S/C14H18BrNO4/c1-2-7-16(10-14(18)19)13(17)6-8-20-12-5-3-4-11(15)9-12/h3-5,9H,2,6-8,10H2,1H3,(H,18,19). The van der Waals surface area contributed by atoms with Gasteiger partial charge in [-0.1, -0.05) is 28.9 Å². The molecule has 0 radical (unpaired) electrons. The molecule has 0 heterocycles. The minimum Gasteiger partial charge on any atom is -0.493 e. The highest BCUT2D eigenvalue weighted by Gasteiger charge is 2.15. The number of ether oxygens (including phenoxy) is 1. The van der Waals surface area contributed by atoms with E-state index in [0.29, 0.717) is 12.3 Å². The maximum atomic E-state index is 11.9. The second-order valence-electron chi connectivity index (χ2n) is 4.26. The van der Waals surface area contributed by atoms with Crippen LogP contribution in [0.15, 0.2) is 28.7 Å². The summed E-state index contributed by atoms with van der Waals surface area (Å²) in [5.41, 5.74) is 0. The Hall–Kier alpha value is -1.56. The SMILES string of the molecule is CCCN(CC(=O)O)C(=O)CCOc1cccc(Br)c1. The number of halogens is 1. The van der Waals surface area contributed by atoms with Gasteiger partial charge in [0.1, 0.15) is 12.3 Å². The van der Waals surface area contributed by atoms with Gasteiger partial charge in [0, 0.05) is 11.0 Å². The highest BCUT2D eigenvalue weighted by Crippen LogP contribution is 2.17. The predicted octanol–water partition coefficient (Wildman–Crippen LogP) is 2.54. The van der Waals surface area contributed by atoms with Gasteiger partial charge >= 0.3 is 5.97 Å². The quantitative estimate of drug-likeness (QED) is 0.787. The van der Waals surface area contributed by atoms with E-state index in [1.807, 2.05) is 25.1 Å². The van der Waals surface area contributed by atoms with Crippen LogP contribution in [0, 0.1) is 0 Å². The molecule has 0 aromatic heterocycles. The normalized spacial score (nSPS) is 10.1. The summed E-state index contributed by atoms with van der Waals surface area (Å²) in [5.74, 6) is -0.531. The number of hydrogen-bond acceptors (Lipinski definition) is 3. The first-order valence-electron chi connectivity index (χ1n) is 6.41. The number of benzene rings is 1. The molecule has 0 aliphatic carbocycles. The molecule has 1 N–H and O–H groups in total. The van der Waals surface area contributed by atoms with Crippen molar-refractivity contribution >= 4 is 27.8 Å². The molecule has 1 aromatic carbocycles. The number of hydrogen-bond donors (Lipinski definition) is 1. The number of amides is 1. The average Bonchev–Trinajstić information content (AvgIpc) is 2.37. The molecule has 6 heteroatoms. The summed E-state index contributed by atoms with van der Waals surface area (Å²) in [7, 11) is 0. The molecular weight excluding hydrogens is 326 g/mol. The summed E-state index contributed by atoms with van der Waals surface area (Å²) >= 11 is 3.33. The fourth-order valence-corrected chi connectivity index (χ4v) is 2.07. The Morgan fingerprint density at radius 3 is 2.75 bits per heavy atom. The third kappa shape index (κ3) is 6.06. The maximum Gasteiger partial charge on any atom is 0.323 e. The van der Waals surface area contributed by atoms with Crippen molar-refractivity contribution in [3.8, 4) is 5.75 Å². The van der Waals surface area contributed by atoms with Crippen LogP contribution < -0.4 is 4.74 Å². The predicted molar refractivity (Wildman–Crippen MR) is 78.8 cm³/mol. The zero-order valence-electron chi connectivity index (χ0n) is 11.3. The first-order valence-corrected chi connectivity index (χ1v) is 7.20.